The molecule has 2 amide bonds. The Morgan fingerprint density at radius 1 is 1.19 bits per heavy atom. The molecule has 0 bridgehead atoms. The summed E-state index contributed by atoms with van der Waals surface area (Å²) in [6.45, 7) is 5.38. The fraction of sp³-hybridized carbons (Fsp3) is 0.833. The maximum absolute atomic E-state index is 12.1. The summed E-state index contributed by atoms with van der Waals surface area (Å²) in [5.74, 6) is -1.20. The lowest BCUT2D eigenvalue weighted by Crippen LogP contribution is -2.52. The summed E-state index contributed by atoms with van der Waals surface area (Å²) in [6, 6.07) is -0.474. The third-order valence-corrected chi connectivity index (χ3v) is 4.63. The van der Waals surface area contributed by atoms with Crippen LogP contribution in [0.1, 0.15) is 27.2 Å². The molecule has 0 aromatic rings. The zero-order valence-electron chi connectivity index (χ0n) is 13.2. The number of nitrogens with zero attached hydrogens (tertiary/aromatic N) is 2. The molecule has 0 spiro atoms. The second kappa shape index (κ2) is 7.60. The molecule has 21 heavy (non-hydrogen) atoms. The van der Waals surface area contributed by atoms with E-state index < -0.39 is 27.6 Å². The second-order valence-corrected chi connectivity index (χ2v) is 8.10. The van der Waals surface area contributed by atoms with Gasteiger partial charge in [0, 0.05) is 32.7 Å². The number of urea groups is 1. The van der Waals surface area contributed by atoms with Crippen molar-refractivity contribution in [3.05, 3.63) is 0 Å². The number of carboxylic acids is 1. The molecule has 0 aromatic heterocycles. The number of sulfonamides is 1. The topological polar surface area (TPSA) is 107 Å². The number of carboxylic acid groups (broad SMARTS) is 1. The van der Waals surface area contributed by atoms with Gasteiger partial charge in [0.05, 0.1) is 12.2 Å². The Bertz CT molecular complexity index is 468. The van der Waals surface area contributed by atoms with Crippen molar-refractivity contribution in [2.24, 2.45) is 0 Å². The highest BCUT2D eigenvalue weighted by Gasteiger charge is 2.27. The molecule has 0 aliphatic carbocycles. The van der Waals surface area contributed by atoms with E-state index in [1.54, 1.807) is 20.8 Å². The summed E-state index contributed by atoms with van der Waals surface area (Å²) < 4.78 is 24.2. The number of carbonyl (C=O) groups is 2. The lowest BCUT2D eigenvalue weighted by Gasteiger charge is -2.35. The smallest absolute Gasteiger partial charge is 0.317 e. The van der Waals surface area contributed by atoms with Crippen LogP contribution in [-0.4, -0.2) is 73.2 Å². The lowest BCUT2D eigenvalue weighted by atomic mass is 10.1. The zero-order valence-corrected chi connectivity index (χ0v) is 14.0. The molecule has 0 fully saturated rings. The zero-order chi connectivity index (χ0) is 16.8. The molecular formula is C12H25N3O5S. The summed E-state index contributed by atoms with van der Waals surface area (Å²) in [7, 11) is -0.531. The Labute approximate surface area is 126 Å². The Hall–Kier alpha value is -1.35. The van der Waals surface area contributed by atoms with Gasteiger partial charge < -0.3 is 15.3 Å². The monoisotopic (exact) mass is 323 g/mol. The molecule has 9 heteroatoms. The van der Waals surface area contributed by atoms with E-state index in [0.717, 1.165) is 4.31 Å². The highest BCUT2D eigenvalue weighted by atomic mass is 32.2. The number of rotatable bonds is 7. The highest BCUT2D eigenvalue weighted by molar-refractivity contribution is 7.89. The Morgan fingerprint density at radius 3 is 2.10 bits per heavy atom. The van der Waals surface area contributed by atoms with Crippen LogP contribution in [0.25, 0.3) is 0 Å². The van der Waals surface area contributed by atoms with Gasteiger partial charge in [-0.25, -0.2) is 17.5 Å². The molecule has 0 aliphatic rings. The number of aliphatic carboxylic acids is 1. The van der Waals surface area contributed by atoms with E-state index in [9.17, 15) is 18.0 Å². The van der Waals surface area contributed by atoms with Crippen LogP contribution < -0.4 is 5.32 Å². The van der Waals surface area contributed by atoms with E-state index in [1.807, 2.05) is 0 Å². The minimum Gasteiger partial charge on any atom is -0.481 e. The molecule has 0 unspecified atom stereocenters. The molecule has 2 N–H and O–H groups in total. The molecule has 0 radical (unpaired) electrons. The summed E-state index contributed by atoms with van der Waals surface area (Å²) in [5, 5.41) is 11.2. The fourth-order valence-electron chi connectivity index (χ4n) is 1.51. The molecule has 0 aromatic carbocycles. The van der Waals surface area contributed by atoms with Crippen molar-refractivity contribution in [3.63, 3.8) is 0 Å². The fourth-order valence-corrected chi connectivity index (χ4v) is 2.24. The van der Waals surface area contributed by atoms with Crippen molar-refractivity contribution >= 4 is 22.0 Å². The maximum atomic E-state index is 12.1. The number of amides is 2. The first-order valence-corrected chi connectivity index (χ1v) is 8.16. The average Bonchev–Trinajstić information content (AvgIpc) is 2.26. The molecule has 8 nitrogen and oxygen atoms in total. The van der Waals surface area contributed by atoms with Crippen LogP contribution in [0.3, 0.4) is 0 Å². The number of carbonyl (C=O) groups excluding carboxylic acids is 1. The Morgan fingerprint density at radius 2 is 1.71 bits per heavy atom. The van der Waals surface area contributed by atoms with Crippen LogP contribution in [0.5, 0.6) is 0 Å². The van der Waals surface area contributed by atoms with Gasteiger partial charge in [-0.3, -0.25) is 4.79 Å². The quantitative estimate of drug-likeness (QED) is 0.694. The second-order valence-electron chi connectivity index (χ2n) is 5.80. The van der Waals surface area contributed by atoms with Gasteiger partial charge >= 0.3 is 12.0 Å². The van der Waals surface area contributed by atoms with Crippen LogP contribution in [0.2, 0.25) is 0 Å². The number of hydrogen-bond donors (Lipinski definition) is 2. The van der Waals surface area contributed by atoms with Crippen molar-refractivity contribution in [1.82, 2.24) is 14.5 Å². The SMILES string of the molecule is CN(C)S(=O)(=O)CCNC(=O)N(CCC(=O)O)C(C)(C)C. The summed E-state index contributed by atoms with van der Waals surface area (Å²) in [4.78, 5) is 24.1. The molecule has 0 saturated heterocycles. The standard InChI is InChI=1S/C12H25N3O5S/c1-12(2,3)15(8-6-10(16)17)11(18)13-7-9-21(19,20)14(4)5/h6-9H2,1-5H3,(H,13,18)(H,16,17). The van der Waals surface area contributed by atoms with Gasteiger partial charge in [0.2, 0.25) is 10.0 Å². The molecule has 0 heterocycles. The average molecular weight is 323 g/mol. The van der Waals surface area contributed by atoms with E-state index in [-0.39, 0.29) is 25.3 Å². The van der Waals surface area contributed by atoms with Crippen molar-refractivity contribution in [1.29, 1.82) is 0 Å². The molecule has 0 rings (SSSR count). The van der Waals surface area contributed by atoms with Gasteiger partial charge in [-0.1, -0.05) is 0 Å². The highest BCUT2D eigenvalue weighted by Crippen LogP contribution is 2.13. The van der Waals surface area contributed by atoms with Crippen LogP contribution in [0.15, 0.2) is 0 Å². The maximum Gasteiger partial charge on any atom is 0.317 e. The van der Waals surface area contributed by atoms with Gasteiger partial charge in [-0.2, -0.15) is 0 Å². The van der Waals surface area contributed by atoms with Crippen molar-refractivity contribution in [2.45, 2.75) is 32.7 Å². The predicted octanol–water partition coefficient (Wildman–Crippen LogP) is 0.163. The third kappa shape index (κ3) is 7.28. The van der Waals surface area contributed by atoms with Crippen LogP contribution in [-0.2, 0) is 14.8 Å². The van der Waals surface area contributed by atoms with E-state index in [2.05, 4.69) is 5.32 Å². The molecule has 0 saturated carbocycles. The van der Waals surface area contributed by atoms with Gasteiger partial charge in [0.15, 0.2) is 0 Å². The van der Waals surface area contributed by atoms with Gasteiger partial charge in [0.25, 0.3) is 0 Å². The first-order valence-electron chi connectivity index (χ1n) is 6.55. The summed E-state index contributed by atoms with van der Waals surface area (Å²) in [5.41, 5.74) is -0.556. The normalized spacial score (nSPS) is 12.3. The first kappa shape index (κ1) is 19.7. The van der Waals surface area contributed by atoms with Gasteiger partial charge in [-0.15, -0.1) is 0 Å². The van der Waals surface area contributed by atoms with Crippen molar-refractivity contribution < 1.29 is 23.1 Å². The lowest BCUT2D eigenvalue weighted by molar-refractivity contribution is -0.137. The van der Waals surface area contributed by atoms with Crippen molar-refractivity contribution in [2.75, 3.05) is 32.9 Å². The van der Waals surface area contributed by atoms with Crippen LogP contribution in [0.4, 0.5) is 4.79 Å². The van der Waals surface area contributed by atoms with Crippen molar-refractivity contribution in [3.8, 4) is 0 Å². The van der Waals surface area contributed by atoms with Gasteiger partial charge in [-0.05, 0) is 20.8 Å². The van der Waals surface area contributed by atoms with Crippen LogP contribution >= 0.6 is 0 Å². The van der Waals surface area contributed by atoms with Gasteiger partial charge in [0.1, 0.15) is 0 Å². The summed E-state index contributed by atoms with van der Waals surface area (Å²) >= 11 is 0. The van der Waals surface area contributed by atoms with E-state index in [4.69, 9.17) is 5.11 Å². The number of nitrogens with one attached hydrogen (secondary N) is 1. The predicted molar refractivity (Wildman–Crippen MR) is 79.6 cm³/mol. The summed E-state index contributed by atoms with van der Waals surface area (Å²) in [6.07, 6.45) is -0.166. The molecule has 0 atom stereocenters. The Kier molecular flexibility index (Phi) is 7.11. The molecule has 124 valence electrons. The van der Waals surface area contributed by atoms with Crippen LogP contribution in [0, 0.1) is 0 Å². The van der Waals surface area contributed by atoms with E-state index in [0.29, 0.717) is 0 Å². The minimum absolute atomic E-state index is 0.0288. The third-order valence-electron chi connectivity index (χ3n) is 2.80. The van der Waals surface area contributed by atoms with E-state index >= 15 is 0 Å². The first-order chi connectivity index (χ1) is 9.38. The Balaban J connectivity index is 4.60. The molecular weight excluding hydrogens is 298 g/mol. The largest absolute Gasteiger partial charge is 0.481 e. The number of hydrogen-bond acceptors (Lipinski definition) is 4. The minimum atomic E-state index is -3.37. The molecule has 0 aliphatic heterocycles. The van der Waals surface area contributed by atoms with E-state index in [1.165, 1.54) is 19.0 Å².